The molecule has 1 saturated carbocycles. The van der Waals surface area contributed by atoms with Gasteiger partial charge in [-0.15, -0.1) is 0 Å². The number of hydrogen-bond donors (Lipinski definition) is 2. The number of amides is 1. The molecule has 0 unspecified atom stereocenters. The average molecular weight is 373 g/mol. The Morgan fingerprint density at radius 2 is 2.00 bits per heavy atom. The fraction of sp³-hybridized carbons (Fsp3) is 0.500. The van der Waals surface area contributed by atoms with Crippen LogP contribution in [0.3, 0.4) is 0 Å². The number of carbonyl (C=O) groups is 1. The lowest BCUT2D eigenvalue weighted by Crippen LogP contribution is -2.44. The van der Waals surface area contributed by atoms with Crippen LogP contribution in [0.2, 0.25) is 0 Å². The number of anilines is 1. The van der Waals surface area contributed by atoms with Crippen LogP contribution in [0.1, 0.15) is 50.2 Å². The second-order valence-electron chi connectivity index (χ2n) is 6.81. The quantitative estimate of drug-likeness (QED) is 0.414. The zero-order valence-corrected chi connectivity index (χ0v) is 15.2. The molecule has 3 rings (SSSR count). The molecule has 1 aromatic carbocycles. The third-order valence-electron chi connectivity index (χ3n) is 4.78. The lowest BCUT2D eigenvalue weighted by molar-refractivity contribution is -0.384. The van der Waals surface area contributed by atoms with E-state index in [1.54, 1.807) is 19.1 Å². The first-order chi connectivity index (χ1) is 13.0. The van der Waals surface area contributed by atoms with Crippen LogP contribution in [0.5, 0.6) is 0 Å². The maximum Gasteiger partial charge on any atom is 0.269 e. The Labute approximate surface area is 156 Å². The largest absolute Gasteiger partial charge is 0.385 e. The minimum atomic E-state index is -0.513. The molecule has 1 heterocycles. The van der Waals surface area contributed by atoms with Gasteiger partial charge in [-0.05, 0) is 31.4 Å². The number of nitro benzene ring substituents is 1. The van der Waals surface area contributed by atoms with Gasteiger partial charge in [0.2, 0.25) is 11.8 Å². The van der Waals surface area contributed by atoms with Gasteiger partial charge in [0, 0.05) is 37.7 Å². The molecule has 144 valence electrons. The van der Waals surface area contributed by atoms with E-state index < -0.39 is 10.5 Å². The smallest absolute Gasteiger partial charge is 0.269 e. The van der Waals surface area contributed by atoms with Crippen molar-refractivity contribution in [1.29, 1.82) is 0 Å². The molecule has 0 atom stereocenters. The van der Waals surface area contributed by atoms with Crippen molar-refractivity contribution in [3.05, 3.63) is 46.1 Å². The molecule has 2 N–H and O–H groups in total. The summed E-state index contributed by atoms with van der Waals surface area (Å²) in [5.41, 5.74) is 0.328. The monoisotopic (exact) mass is 373 g/mol. The number of carbonyl (C=O) groups excluding carboxylic acids is 1. The van der Waals surface area contributed by atoms with Gasteiger partial charge >= 0.3 is 0 Å². The number of hydrogen-bond acceptors (Lipinski definition) is 7. The summed E-state index contributed by atoms with van der Waals surface area (Å²) in [6.45, 7) is 2.34. The summed E-state index contributed by atoms with van der Waals surface area (Å²) in [5, 5.41) is 20.9. The first kappa shape index (κ1) is 18.8. The second kappa shape index (κ2) is 8.15. The van der Waals surface area contributed by atoms with Gasteiger partial charge in [-0.3, -0.25) is 14.9 Å². The Bertz CT molecular complexity index is 796. The van der Waals surface area contributed by atoms with E-state index >= 15 is 0 Å². The Balaban J connectivity index is 1.47. The Morgan fingerprint density at radius 3 is 2.59 bits per heavy atom. The third-order valence-corrected chi connectivity index (χ3v) is 4.78. The maximum atomic E-state index is 12.4. The fourth-order valence-electron chi connectivity index (χ4n) is 3.39. The Morgan fingerprint density at radius 1 is 1.30 bits per heavy atom. The van der Waals surface area contributed by atoms with Crippen molar-refractivity contribution in [3.63, 3.8) is 0 Å². The van der Waals surface area contributed by atoms with Crippen molar-refractivity contribution in [2.45, 2.75) is 51.0 Å². The predicted octanol–water partition coefficient (Wildman–Crippen LogP) is 3.06. The standard InChI is InChI=1S/C18H23N5O4/c1-13-20-17(22-27-13)18(10-2-3-11-18)21-16(24)5-4-12-19-14-6-8-15(9-7-14)23(25)26/h6-9,19H,2-5,10-12H2,1H3,(H,21,24). The highest BCUT2D eigenvalue weighted by atomic mass is 16.6. The van der Waals surface area contributed by atoms with Crippen molar-refractivity contribution in [2.24, 2.45) is 0 Å². The number of non-ortho nitro benzene ring substituents is 1. The lowest BCUT2D eigenvalue weighted by Gasteiger charge is -2.26. The predicted molar refractivity (Wildman–Crippen MR) is 98.1 cm³/mol. The molecule has 0 radical (unpaired) electrons. The summed E-state index contributed by atoms with van der Waals surface area (Å²) in [5.74, 6) is 1.03. The molecule has 1 amide bonds. The highest BCUT2D eigenvalue weighted by Crippen LogP contribution is 2.37. The Hall–Kier alpha value is -2.97. The number of aryl methyl sites for hydroxylation is 1. The van der Waals surface area contributed by atoms with Gasteiger partial charge in [0.25, 0.3) is 5.69 Å². The molecule has 1 aromatic heterocycles. The van der Waals surface area contributed by atoms with Gasteiger partial charge in [-0.2, -0.15) is 4.98 Å². The molecule has 27 heavy (non-hydrogen) atoms. The van der Waals surface area contributed by atoms with E-state index in [2.05, 4.69) is 20.8 Å². The highest BCUT2D eigenvalue weighted by Gasteiger charge is 2.40. The van der Waals surface area contributed by atoms with E-state index in [1.807, 2.05) is 0 Å². The minimum absolute atomic E-state index is 0.0372. The normalized spacial score (nSPS) is 15.4. The van der Waals surface area contributed by atoms with E-state index in [0.717, 1.165) is 31.4 Å². The van der Waals surface area contributed by atoms with Gasteiger partial charge < -0.3 is 15.2 Å². The van der Waals surface area contributed by atoms with E-state index in [9.17, 15) is 14.9 Å². The van der Waals surface area contributed by atoms with Crippen LogP contribution in [0.4, 0.5) is 11.4 Å². The molecule has 1 aliphatic carbocycles. The van der Waals surface area contributed by atoms with Gasteiger partial charge in [-0.1, -0.05) is 18.0 Å². The van der Waals surface area contributed by atoms with Crippen LogP contribution in [0.15, 0.2) is 28.8 Å². The van der Waals surface area contributed by atoms with Gasteiger partial charge in [0.1, 0.15) is 5.54 Å². The molecule has 0 aliphatic heterocycles. The van der Waals surface area contributed by atoms with Gasteiger partial charge in [0.05, 0.1) is 4.92 Å². The first-order valence-electron chi connectivity index (χ1n) is 9.09. The zero-order chi connectivity index (χ0) is 19.3. The van der Waals surface area contributed by atoms with Crippen LogP contribution in [-0.4, -0.2) is 27.5 Å². The van der Waals surface area contributed by atoms with Crippen molar-refractivity contribution in [1.82, 2.24) is 15.5 Å². The number of rotatable bonds is 8. The molecular weight excluding hydrogens is 350 g/mol. The Kier molecular flexibility index (Phi) is 5.68. The van der Waals surface area contributed by atoms with Gasteiger partial charge in [0.15, 0.2) is 5.82 Å². The topological polar surface area (TPSA) is 123 Å². The highest BCUT2D eigenvalue weighted by molar-refractivity contribution is 5.77. The summed E-state index contributed by atoms with van der Waals surface area (Å²) in [4.78, 5) is 26.9. The molecule has 9 heteroatoms. The summed E-state index contributed by atoms with van der Waals surface area (Å²) in [6.07, 6.45) is 4.70. The zero-order valence-electron chi connectivity index (χ0n) is 15.2. The van der Waals surface area contributed by atoms with Crippen LogP contribution in [0, 0.1) is 17.0 Å². The first-order valence-corrected chi connectivity index (χ1v) is 9.09. The fourth-order valence-corrected chi connectivity index (χ4v) is 3.39. The van der Waals surface area contributed by atoms with E-state index in [4.69, 9.17) is 4.52 Å². The van der Waals surface area contributed by atoms with E-state index in [-0.39, 0.29) is 11.6 Å². The summed E-state index contributed by atoms with van der Waals surface area (Å²) in [7, 11) is 0. The average Bonchev–Trinajstić information content (AvgIpc) is 3.29. The summed E-state index contributed by atoms with van der Waals surface area (Å²) in [6, 6.07) is 6.21. The SMILES string of the molecule is Cc1nc(C2(NC(=O)CCCNc3ccc([N+](=O)[O-])cc3)CCCC2)no1. The lowest BCUT2D eigenvalue weighted by atomic mass is 9.96. The molecule has 9 nitrogen and oxygen atoms in total. The van der Waals surface area contributed by atoms with E-state index in [0.29, 0.717) is 31.1 Å². The minimum Gasteiger partial charge on any atom is -0.385 e. The van der Waals surface area contributed by atoms with Crippen LogP contribution in [-0.2, 0) is 10.3 Å². The van der Waals surface area contributed by atoms with Gasteiger partial charge in [-0.25, -0.2) is 0 Å². The molecule has 0 spiro atoms. The number of nitrogens with zero attached hydrogens (tertiary/aromatic N) is 3. The molecule has 1 fully saturated rings. The summed E-state index contributed by atoms with van der Waals surface area (Å²) < 4.78 is 5.09. The molecule has 0 saturated heterocycles. The molecule has 0 bridgehead atoms. The number of nitro groups is 1. The van der Waals surface area contributed by atoms with Crippen molar-refractivity contribution < 1.29 is 14.2 Å². The number of benzene rings is 1. The number of aromatic nitrogens is 2. The second-order valence-corrected chi connectivity index (χ2v) is 6.81. The van der Waals surface area contributed by atoms with E-state index in [1.165, 1.54) is 12.1 Å². The van der Waals surface area contributed by atoms with Crippen LogP contribution < -0.4 is 10.6 Å². The number of nitrogens with one attached hydrogen (secondary N) is 2. The molecule has 2 aromatic rings. The molecule has 1 aliphatic rings. The van der Waals surface area contributed by atoms with Crippen molar-refractivity contribution >= 4 is 17.3 Å². The molecular formula is C18H23N5O4. The maximum absolute atomic E-state index is 12.4. The summed E-state index contributed by atoms with van der Waals surface area (Å²) >= 11 is 0. The van der Waals surface area contributed by atoms with Crippen molar-refractivity contribution in [3.8, 4) is 0 Å². The van der Waals surface area contributed by atoms with Crippen molar-refractivity contribution in [2.75, 3.05) is 11.9 Å². The van der Waals surface area contributed by atoms with Crippen LogP contribution in [0.25, 0.3) is 0 Å². The van der Waals surface area contributed by atoms with Crippen LogP contribution >= 0.6 is 0 Å². The third kappa shape index (κ3) is 4.60.